The Balaban J connectivity index is 2.04. The van der Waals surface area contributed by atoms with Crippen molar-refractivity contribution in [1.29, 1.82) is 0 Å². The van der Waals surface area contributed by atoms with E-state index in [9.17, 15) is 0 Å². The minimum atomic E-state index is 0.463. The minimum Gasteiger partial charge on any atom is -0.291 e. The van der Waals surface area contributed by atoms with Crippen LogP contribution in [-0.4, -0.2) is 14.4 Å². The van der Waals surface area contributed by atoms with Crippen molar-refractivity contribution < 1.29 is 0 Å². The second kappa shape index (κ2) is 3.30. The van der Waals surface area contributed by atoms with Crippen LogP contribution in [0.2, 0.25) is 0 Å². The lowest BCUT2D eigenvalue weighted by Gasteiger charge is -1.98. The Bertz CT molecular complexity index is 527. The molecule has 3 heteroatoms. The van der Waals surface area contributed by atoms with Gasteiger partial charge in [-0.3, -0.25) is 4.40 Å². The average Bonchev–Trinajstić information content (AvgIpc) is 2.82. The highest BCUT2D eigenvalue weighted by Crippen LogP contribution is 2.46. The first-order valence-electron chi connectivity index (χ1n) is 5.99. The Morgan fingerprint density at radius 2 is 2.12 bits per heavy atom. The van der Waals surface area contributed by atoms with Crippen LogP contribution in [0.3, 0.4) is 0 Å². The summed E-state index contributed by atoms with van der Waals surface area (Å²) in [6.45, 7) is 6.61. The summed E-state index contributed by atoms with van der Waals surface area (Å²) in [5.74, 6) is 2.83. The SMILES string of the molecule is CC(C)c1cn2cc(C3CC3C)cnc2n1. The highest BCUT2D eigenvalue weighted by Gasteiger charge is 2.34. The molecule has 2 aromatic rings. The lowest BCUT2D eigenvalue weighted by atomic mass is 10.2. The standard InChI is InChI=1S/C13H17N3/c1-8(2)12-7-16-6-10(11-4-9(11)3)5-14-13(16)15-12/h5-9,11H,4H2,1-3H3. The van der Waals surface area contributed by atoms with Gasteiger partial charge < -0.3 is 0 Å². The normalized spacial score (nSPS) is 24.2. The summed E-state index contributed by atoms with van der Waals surface area (Å²) in [5.41, 5.74) is 2.47. The van der Waals surface area contributed by atoms with E-state index in [-0.39, 0.29) is 0 Å². The molecule has 0 aromatic carbocycles. The van der Waals surface area contributed by atoms with E-state index in [2.05, 4.69) is 47.5 Å². The summed E-state index contributed by atoms with van der Waals surface area (Å²) in [6.07, 6.45) is 7.58. The van der Waals surface area contributed by atoms with Crippen LogP contribution in [0.15, 0.2) is 18.6 Å². The molecule has 1 fully saturated rings. The Morgan fingerprint density at radius 3 is 2.75 bits per heavy atom. The largest absolute Gasteiger partial charge is 0.291 e. The summed E-state index contributed by atoms with van der Waals surface area (Å²) >= 11 is 0. The highest BCUT2D eigenvalue weighted by atomic mass is 15.1. The first-order chi connectivity index (χ1) is 7.65. The van der Waals surface area contributed by atoms with Crippen LogP contribution in [-0.2, 0) is 0 Å². The molecule has 3 nitrogen and oxygen atoms in total. The Hall–Kier alpha value is -1.38. The van der Waals surface area contributed by atoms with Crippen molar-refractivity contribution in [1.82, 2.24) is 14.4 Å². The minimum absolute atomic E-state index is 0.463. The maximum absolute atomic E-state index is 4.50. The molecule has 2 heterocycles. The van der Waals surface area contributed by atoms with Gasteiger partial charge in [-0.15, -0.1) is 0 Å². The molecule has 0 aliphatic heterocycles. The summed E-state index contributed by atoms with van der Waals surface area (Å²) in [7, 11) is 0. The fourth-order valence-corrected chi connectivity index (χ4v) is 2.18. The zero-order valence-corrected chi connectivity index (χ0v) is 10.0. The quantitative estimate of drug-likeness (QED) is 0.771. The molecule has 0 saturated heterocycles. The van der Waals surface area contributed by atoms with Gasteiger partial charge in [-0.25, -0.2) is 9.97 Å². The first kappa shape index (κ1) is 9.82. The Kier molecular flexibility index (Phi) is 2.03. The molecule has 84 valence electrons. The Labute approximate surface area is 95.5 Å². The lowest BCUT2D eigenvalue weighted by Crippen LogP contribution is -1.91. The van der Waals surface area contributed by atoms with Crippen molar-refractivity contribution >= 4 is 5.78 Å². The lowest BCUT2D eigenvalue weighted by molar-refractivity contribution is 0.833. The number of hydrogen-bond acceptors (Lipinski definition) is 2. The van der Waals surface area contributed by atoms with Gasteiger partial charge in [0, 0.05) is 18.6 Å². The van der Waals surface area contributed by atoms with Gasteiger partial charge in [0.1, 0.15) is 0 Å². The fraction of sp³-hybridized carbons (Fsp3) is 0.538. The number of imidazole rings is 1. The number of aromatic nitrogens is 3. The highest BCUT2D eigenvalue weighted by molar-refractivity contribution is 5.34. The molecule has 0 spiro atoms. The van der Waals surface area contributed by atoms with Gasteiger partial charge >= 0.3 is 0 Å². The zero-order valence-electron chi connectivity index (χ0n) is 10.0. The number of fused-ring (bicyclic) bond motifs is 1. The molecule has 16 heavy (non-hydrogen) atoms. The van der Waals surface area contributed by atoms with Gasteiger partial charge in [-0.1, -0.05) is 20.8 Å². The van der Waals surface area contributed by atoms with Crippen LogP contribution < -0.4 is 0 Å². The molecular formula is C13H17N3. The Morgan fingerprint density at radius 1 is 1.38 bits per heavy atom. The maximum atomic E-state index is 4.50. The van der Waals surface area contributed by atoms with Gasteiger partial charge in [0.25, 0.3) is 0 Å². The number of nitrogens with zero attached hydrogens (tertiary/aromatic N) is 3. The first-order valence-corrected chi connectivity index (χ1v) is 5.99. The van der Waals surface area contributed by atoms with Crippen LogP contribution >= 0.6 is 0 Å². The number of hydrogen-bond donors (Lipinski definition) is 0. The van der Waals surface area contributed by atoms with E-state index in [0.717, 1.165) is 23.3 Å². The second-order valence-corrected chi connectivity index (χ2v) is 5.23. The summed E-state index contributed by atoms with van der Waals surface area (Å²) < 4.78 is 2.07. The summed E-state index contributed by atoms with van der Waals surface area (Å²) in [5, 5.41) is 0. The molecule has 1 saturated carbocycles. The third-order valence-corrected chi connectivity index (χ3v) is 3.48. The van der Waals surface area contributed by atoms with E-state index in [1.54, 1.807) is 0 Å². The molecule has 2 atom stereocenters. The molecule has 3 rings (SSSR count). The van der Waals surface area contributed by atoms with Crippen LogP contribution in [0.5, 0.6) is 0 Å². The molecule has 1 aliphatic carbocycles. The predicted molar refractivity (Wildman–Crippen MR) is 63.6 cm³/mol. The molecule has 0 N–H and O–H groups in total. The third kappa shape index (κ3) is 1.51. The third-order valence-electron chi connectivity index (χ3n) is 3.48. The predicted octanol–water partition coefficient (Wildman–Crippen LogP) is 2.98. The van der Waals surface area contributed by atoms with E-state index in [1.165, 1.54) is 12.0 Å². The summed E-state index contributed by atoms with van der Waals surface area (Å²) in [4.78, 5) is 8.94. The van der Waals surface area contributed by atoms with Crippen molar-refractivity contribution in [2.24, 2.45) is 5.92 Å². The van der Waals surface area contributed by atoms with Crippen LogP contribution in [0.1, 0.15) is 50.3 Å². The van der Waals surface area contributed by atoms with Crippen LogP contribution in [0.4, 0.5) is 0 Å². The van der Waals surface area contributed by atoms with Gasteiger partial charge in [-0.2, -0.15) is 0 Å². The molecule has 0 amide bonds. The maximum Gasteiger partial charge on any atom is 0.233 e. The smallest absolute Gasteiger partial charge is 0.233 e. The molecule has 1 aliphatic rings. The van der Waals surface area contributed by atoms with Crippen molar-refractivity contribution in [2.45, 2.75) is 39.0 Å². The van der Waals surface area contributed by atoms with E-state index >= 15 is 0 Å². The van der Waals surface area contributed by atoms with Gasteiger partial charge in [0.2, 0.25) is 5.78 Å². The fourth-order valence-electron chi connectivity index (χ4n) is 2.18. The topological polar surface area (TPSA) is 30.2 Å². The van der Waals surface area contributed by atoms with E-state index in [1.807, 2.05) is 6.20 Å². The molecule has 0 radical (unpaired) electrons. The average molecular weight is 215 g/mol. The monoisotopic (exact) mass is 215 g/mol. The van der Waals surface area contributed by atoms with Gasteiger partial charge in [0.15, 0.2) is 0 Å². The van der Waals surface area contributed by atoms with Gasteiger partial charge in [0.05, 0.1) is 5.69 Å². The van der Waals surface area contributed by atoms with Crippen molar-refractivity contribution in [2.75, 3.05) is 0 Å². The van der Waals surface area contributed by atoms with Crippen molar-refractivity contribution in [3.63, 3.8) is 0 Å². The van der Waals surface area contributed by atoms with Gasteiger partial charge in [-0.05, 0) is 29.7 Å². The van der Waals surface area contributed by atoms with E-state index < -0.39 is 0 Å². The zero-order chi connectivity index (χ0) is 11.3. The summed E-state index contributed by atoms with van der Waals surface area (Å²) in [6, 6.07) is 0. The molecule has 2 aromatic heterocycles. The van der Waals surface area contributed by atoms with E-state index in [4.69, 9.17) is 0 Å². The van der Waals surface area contributed by atoms with E-state index in [0.29, 0.717) is 5.92 Å². The van der Waals surface area contributed by atoms with Crippen molar-refractivity contribution in [3.8, 4) is 0 Å². The second-order valence-electron chi connectivity index (χ2n) is 5.23. The molecular weight excluding hydrogens is 198 g/mol. The van der Waals surface area contributed by atoms with Crippen molar-refractivity contribution in [3.05, 3.63) is 29.8 Å². The van der Waals surface area contributed by atoms with Crippen LogP contribution in [0, 0.1) is 5.92 Å². The molecule has 2 unspecified atom stereocenters. The van der Waals surface area contributed by atoms with Crippen LogP contribution in [0.25, 0.3) is 5.78 Å². The molecule has 0 bridgehead atoms. The number of rotatable bonds is 2.